The average Bonchev–Trinajstić information content (AvgIpc) is 2.43. The Morgan fingerprint density at radius 2 is 2.15 bits per heavy atom. The van der Waals surface area contributed by atoms with E-state index in [1.165, 1.54) is 17.5 Å². The first-order valence-electron chi connectivity index (χ1n) is 4.50. The molecule has 0 saturated carbocycles. The summed E-state index contributed by atoms with van der Waals surface area (Å²) in [4.78, 5) is 0. The molecule has 0 spiro atoms. The molecule has 0 bridgehead atoms. The maximum absolute atomic E-state index is 13.0. The number of hydrogen-bond acceptors (Lipinski definition) is 2. The summed E-state index contributed by atoms with van der Waals surface area (Å²) < 4.78 is 14.2. The van der Waals surface area contributed by atoms with Gasteiger partial charge in [-0.2, -0.15) is 4.39 Å². The van der Waals surface area contributed by atoms with Crippen molar-refractivity contribution in [1.82, 2.24) is 15.0 Å². The van der Waals surface area contributed by atoms with Gasteiger partial charge in [-0.05, 0) is 6.42 Å². The zero-order valence-electron chi connectivity index (χ0n) is 7.63. The summed E-state index contributed by atoms with van der Waals surface area (Å²) >= 11 is 5.40. The van der Waals surface area contributed by atoms with Crippen LogP contribution in [-0.4, -0.2) is 15.0 Å². The van der Waals surface area contributed by atoms with E-state index in [1.807, 2.05) is 0 Å². The van der Waals surface area contributed by atoms with Crippen molar-refractivity contribution in [2.24, 2.45) is 0 Å². The molecule has 3 nitrogen and oxygen atoms in total. The number of aryl methyl sites for hydroxylation is 1. The van der Waals surface area contributed by atoms with Gasteiger partial charge in [0.1, 0.15) is 0 Å². The van der Waals surface area contributed by atoms with Gasteiger partial charge in [-0.3, -0.25) is 0 Å². The predicted octanol–water partition coefficient (Wildman–Crippen LogP) is 2.65. The Morgan fingerprint density at radius 1 is 1.38 bits per heavy atom. The third-order valence-electron chi connectivity index (χ3n) is 1.86. The van der Waals surface area contributed by atoms with Crippen LogP contribution in [0, 0.1) is 5.95 Å². The fourth-order valence-electron chi connectivity index (χ4n) is 1.11. The molecule has 0 aliphatic rings. The van der Waals surface area contributed by atoms with Crippen molar-refractivity contribution in [2.45, 2.75) is 39.2 Å². The summed E-state index contributed by atoms with van der Waals surface area (Å²) in [7, 11) is 0. The monoisotopic (exact) mass is 205 g/mol. The Bertz CT molecular complexity index is 262. The predicted molar refractivity (Wildman–Crippen MR) is 49.1 cm³/mol. The van der Waals surface area contributed by atoms with E-state index in [1.54, 1.807) is 0 Å². The quantitative estimate of drug-likeness (QED) is 0.692. The largest absolute Gasteiger partial charge is 0.250 e. The first-order valence-corrected chi connectivity index (χ1v) is 4.88. The Morgan fingerprint density at radius 3 is 2.69 bits per heavy atom. The molecule has 0 atom stereocenters. The van der Waals surface area contributed by atoms with Gasteiger partial charge in [0, 0.05) is 6.54 Å². The van der Waals surface area contributed by atoms with Crippen LogP contribution in [0.4, 0.5) is 4.39 Å². The lowest BCUT2D eigenvalue weighted by molar-refractivity contribution is 0.432. The Balaban J connectivity index is 2.32. The van der Waals surface area contributed by atoms with Crippen LogP contribution in [0.15, 0.2) is 0 Å². The molecule has 0 radical (unpaired) electrons. The molecule has 0 aliphatic heterocycles. The van der Waals surface area contributed by atoms with E-state index in [0.717, 1.165) is 12.8 Å². The third kappa shape index (κ3) is 2.95. The van der Waals surface area contributed by atoms with Crippen LogP contribution in [0.5, 0.6) is 0 Å². The van der Waals surface area contributed by atoms with Crippen molar-refractivity contribution in [3.8, 4) is 0 Å². The van der Waals surface area contributed by atoms with Gasteiger partial charge in [-0.1, -0.05) is 43.0 Å². The van der Waals surface area contributed by atoms with Crippen LogP contribution in [0.1, 0.15) is 32.6 Å². The molecule has 0 fully saturated rings. The molecular formula is C8H13ClFN3. The minimum Gasteiger partial charge on any atom is -0.218 e. The van der Waals surface area contributed by atoms with E-state index in [4.69, 9.17) is 11.6 Å². The third-order valence-corrected chi connectivity index (χ3v) is 2.09. The Kier molecular flexibility index (Phi) is 4.15. The fourth-order valence-corrected chi connectivity index (χ4v) is 1.24. The maximum Gasteiger partial charge on any atom is 0.250 e. The molecule has 0 saturated heterocycles. The highest BCUT2D eigenvalue weighted by Crippen LogP contribution is 2.10. The van der Waals surface area contributed by atoms with Crippen LogP contribution in [0.2, 0.25) is 5.15 Å². The summed E-state index contributed by atoms with van der Waals surface area (Å²) in [6.45, 7) is 2.69. The molecule has 0 N–H and O–H groups in total. The van der Waals surface area contributed by atoms with Crippen molar-refractivity contribution in [3.05, 3.63) is 11.1 Å². The molecule has 0 amide bonds. The molecule has 0 aromatic carbocycles. The lowest BCUT2D eigenvalue weighted by Crippen LogP contribution is -2.03. The number of nitrogens with zero attached hydrogens (tertiary/aromatic N) is 3. The van der Waals surface area contributed by atoms with Gasteiger partial charge >= 0.3 is 0 Å². The molecule has 0 unspecified atom stereocenters. The van der Waals surface area contributed by atoms with Gasteiger partial charge in [0.15, 0.2) is 0 Å². The lowest BCUT2D eigenvalue weighted by Gasteiger charge is -1.99. The van der Waals surface area contributed by atoms with E-state index >= 15 is 0 Å². The van der Waals surface area contributed by atoms with Gasteiger partial charge in [0.05, 0.1) is 0 Å². The molecule has 13 heavy (non-hydrogen) atoms. The summed E-state index contributed by atoms with van der Waals surface area (Å²) in [5.41, 5.74) is 0. The molecule has 1 heterocycles. The number of hydrogen-bond donors (Lipinski definition) is 0. The van der Waals surface area contributed by atoms with E-state index < -0.39 is 5.95 Å². The molecule has 1 aromatic rings. The van der Waals surface area contributed by atoms with Gasteiger partial charge < -0.3 is 0 Å². The molecule has 74 valence electrons. The van der Waals surface area contributed by atoms with Gasteiger partial charge in [-0.15, -0.1) is 5.10 Å². The first kappa shape index (κ1) is 10.4. The Hall–Kier alpha value is -0.640. The van der Waals surface area contributed by atoms with Crippen LogP contribution in [0.25, 0.3) is 0 Å². The van der Waals surface area contributed by atoms with E-state index in [9.17, 15) is 4.39 Å². The Labute approximate surface area is 81.9 Å². The van der Waals surface area contributed by atoms with Crippen LogP contribution >= 0.6 is 11.6 Å². The highest BCUT2D eigenvalue weighted by atomic mass is 35.5. The zero-order valence-corrected chi connectivity index (χ0v) is 8.39. The van der Waals surface area contributed by atoms with Crippen LogP contribution in [0.3, 0.4) is 0 Å². The highest BCUT2D eigenvalue weighted by Gasteiger charge is 2.08. The average molecular weight is 206 g/mol. The standard InChI is InChI=1S/C8H13ClFN3/c1-2-3-4-5-6-13-8(10)7(9)11-12-13/h2-6H2,1H3. The second kappa shape index (κ2) is 5.17. The van der Waals surface area contributed by atoms with Crippen LogP contribution < -0.4 is 0 Å². The van der Waals surface area contributed by atoms with Crippen molar-refractivity contribution in [1.29, 1.82) is 0 Å². The van der Waals surface area contributed by atoms with Crippen molar-refractivity contribution < 1.29 is 4.39 Å². The second-order valence-corrected chi connectivity index (χ2v) is 3.31. The van der Waals surface area contributed by atoms with Crippen molar-refractivity contribution >= 4 is 11.6 Å². The lowest BCUT2D eigenvalue weighted by atomic mass is 10.2. The smallest absolute Gasteiger partial charge is 0.218 e. The fraction of sp³-hybridized carbons (Fsp3) is 0.750. The molecule has 0 aliphatic carbocycles. The molecular weight excluding hydrogens is 193 g/mol. The van der Waals surface area contributed by atoms with Gasteiger partial charge in [0.25, 0.3) is 5.95 Å². The summed E-state index contributed by atoms with van der Waals surface area (Å²) in [6, 6.07) is 0. The van der Waals surface area contributed by atoms with E-state index in [0.29, 0.717) is 6.54 Å². The normalized spacial score (nSPS) is 10.7. The minimum atomic E-state index is -0.529. The topological polar surface area (TPSA) is 30.7 Å². The van der Waals surface area contributed by atoms with Crippen LogP contribution in [-0.2, 0) is 6.54 Å². The number of halogens is 2. The van der Waals surface area contributed by atoms with Gasteiger partial charge in [-0.25, -0.2) is 4.68 Å². The number of unbranched alkanes of at least 4 members (excludes halogenated alkanes) is 3. The van der Waals surface area contributed by atoms with Crippen molar-refractivity contribution in [2.75, 3.05) is 0 Å². The summed E-state index contributed by atoms with van der Waals surface area (Å²) in [5, 5.41) is 6.85. The number of rotatable bonds is 5. The zero-order chi connectivity index (χ0) is 9.68. The first-order chi connectivity index (χ1) is 6.25. The van der Waals surface area contributed by atoms with Crippen molar-refractivity contribution in [3.63, 3.8) is 0 Å². The molecule has 1 rings (SSSR count). The van der Waals surface area contributed by atoms with E-state index in [-0.39, 0.29) is 5.15 Å². The molecule has 1 aromatic heterocycles. The second-order valence-electron chi connectivity index (χ2n) is 2.95. The van der Waals surface area contributed by atoms with Gasteiger partial charge in [0.2, 0.25) is 5.15 Å². The SMILES string of the molecule is CCCCCCn1nnc(Cl)c1F. The van der Waals surface area contributed by atoms with E-state index in [2.05, 4.69) is 17.2 Å². The minimum absolute atomic E-state index is 0.143. The number of aromatic nitrogens is 3. The highest BCUT2D eigenvalue weighted by molar-refractivity contribution is 6.29. The maximum atomic E-state index is 13.0. The molecule has 5 heteroatoms. The summed E-state index contributed by atoms with van der Waals surface area (Å²) in [5.74, 6) is -0.529. The summed E-state index contributed by atoms with van der Waals surface area (Å²) in [6.07, 6.45) is 4.35.